The van der Waals surface area contributed by atoms with Gasteiger partial charge in [0.2, 0.25) is 0 Å². The van der Waals surface area contributed by atoms with Crippen LogP contribution in [0.4, 0.5) is 0 Å². The van der Waals surface area contributed by atoms with Gasteiger partial charge in [-0.25, -0.2) is 0 Å². The van der Waals surface area contributed by atoms with Crippen LogP contribution >= 0.6 is 0 Å². The van der Waals surface area contributed by atoms with Gasteiger partial charge in [0.15, 0.2) is 12.5 Å². The zero-order valence-corrected chi connectivity index (χ0v) is 17.7. The van der Waals surface area contributed by atoms with Gasteiger partial charge in [-0.2, -0.15) is 0 Å². The molecule has 0 amide bonds. The molecule has 2 atom stereocenters. The van der Waals surface area contributed by atoms with E-state index in [1.165, 1.54) is 0 Å². The summed E-state index contributed by atoms with van der Waals surface area (Å²) in [4.78, 5) is 16.9. The number of hydrogen-bond acceptors (Lipinski definition) is 4. The SMILES string of the molecule is CC(O)C(Oc1cccc(-c2cc3c(C=O)cccc3[nH]2)c1)N(C(C)C)C(C)C. The third-order valence-electron chi connectivity index (χ3n) is 5.13. The number of hydrogen-bond donors (Lipinski definition) is 2. The predicted molar refractivity (Wildman–Crippen MR) is 117 cm³/mol. The fourth-order valence-corrected chi connectivity index (χ4v) is 3.91. The molecule has 0 spiro atoms. The quantitative estimate of drug-likeness (QED) is 0.423. The Morgan fingerprint density at radius 2 is 1.69 bits per heavy atom. The normalized spacial score (nSPS) is 14.0. The molecule has 2 aromatic carbocycles. The molecule has 5 heteroatoms. The van der Waals surface area contributed by atoms with Crippen LogP contribution < -0.4 is 4.74 Å². The highest BCUT2D eigenvalue weighted by molar-refractivity contribution is 5.99. The molecule has 0 aliphatic carbocycles. The number of H-pyrrole nitrogens is 1. The summed E-state index contributed by atoms with van der Waals surface area (Å²) in [6.07, 6.45) is -0.222. The fourth-order valence-electron chi connectivity index (χ4n) is 3.91. The lowest BCUT2D eigenvalue weighted by atomic mass is 10.1. The molecule has 154 valence electrons. The van der Waals surface area contributed by atoms with Crippen LogP contribution in [0.2, 0.25) is 0 Å². The van der Waals surface area contributed by atoms with Crippen molar-refractivity contribution in [1.29, 1.82) is 0 Å². The molecule has 3 rings (SSSR count). The van der Waals surface area contributed by atoms with Crippen LogP contribution in [0, 0.1) is 0 Å². The van der Waals surface area contributed by atoms with Gasteiger partial charge in [-0.05, 0) is 58.9 Å². The van der Waals surface area contributed by atoms with Crippen molar-refractivity contribution in [3.05, 3.63) is 54.1 Å². The Balaban J connectivity index is 1.94. The maximum atomic E-state index is 11.3. The predicted octanol–water partition coefficient (Wildman–Crippen LogP) is 4.85. The van der Waals surface area contributed by atoms with Gasteiger partial charge in [-0.15, -0.1) is 0 Å². The van der Waals surface area contributed by atoms with Crippen molar-refractivity contribution in [3.8, 4) is 17.0 Å². The largest absolute Gasteiger partial charge is 0.472 e. The molecular formula is C24H30N2O3. The van der Waals surface area contributed by atoms with E-state index >= 15 is 0 Å². The Hall–Kier alpha value is -2.63. The molecule has 0 aliphatic rings. The van der Waals surface area contributed by atoms with E-state index in [-0.39, 0.29) is 12.1 Å². The minimum Gasteiger partial charge on any atom is -0.472 e. The van der Waals surface area contributed by atoms with Gasteiger partial charge >= 0.3 is 0 Å². The second-order valence-corrected chi connectivity index (χ2v) is 8.02. The number of ether oxygens (including phenoxy) is 1. The van der Waals surface area contributed by atoms with E-state index in [1.54, 1.807) is 6.92 Å². The number of rotatable bonds is 8. The number of carbonyl (C=O) groups excluding carboxylic acids is 1. The van der Waals surface area contributed by atoms with E-state index in [0.29, 0.717) is 11.3 Å². The smallest absolute Gasteiger partial charge is 0.178 e. The van der Waals surface area contributed by atoms with Gasteiger partial charge in [0.25, 0.3) is 0 Å². The number of benzene rings is 2. The van der Waals surface area contributed by atoms with Gasteiger partial charge in [-0.3, -0.25) is 9.69 Å². The topological polar surface area (TPSA) is 65.6 Å². The second kappa shape index (κ2) is 8.80. The number of carbonyl (C=O) groups is 1. The zero-order valence-electron chi connectivity index (χ0n) is 17.7. The molecule has 0 bridgehead atoms. The van der Waals surface area contributed by atoms with Gasteiger partial charge in [0, 0.05) is 39.8 Å². The van der Waals surface area contributed by atoms with Gasteiger partial charge < -0.3 is 14.8 Å². The van der Waals surface area contributed by atoms with Crippen molar-refractivity contribution in [2.45, 2.75) is 59.0 Å². The molecular weight excluding hydrogens is 364 g/mol. The standard InChI is InChI=1S/C24H30N2O3/c1-15(2)26(16(3)4)24(17(5)28)29-20-10-6-8-18(12-20)23-13-21-19(14-27)9-7-11-22(21)25-23/h6-17,24-25,28H,1-5H3. The number of nitrogens with one attached hydrogen (secondary N) is 1. The lowest BCUT2D eigenvalue weighted by Gasteiger charge is -2.39. The van der Waals surface area contributed by atoms with E-state index in [0.717, 1.165) is 28.4 Å². The fraction of sp³-hybridized carbons (Fsp3) is 0.375. The van der Waals surface area contributed by atoms with Crippen LogP contribution in [0.15, 0.2) is 48.5 Å². The first-order valence-corrected chi connectivity index (χ1v) is 10.1. The first kappa shape index (κ1) is 21.1. The van der Waals surface area contributed by atoms with Crippen molar-refractivity contribution in [1.82, 2.24) is 9.88 Å². The summed E-state index contributed by atoms with van der Waals surface area (Å²) in [5, 5.41) is 11.3. The maximum absolute atomic E-state index is 11.3. The Kier molecular flexibility index (Phi) is 6.40. The van der Waals surface area contributed by atoms with Crippen LogP contribution in [0.3, 0.4) is 0 Å². The molecule has 1 heterocycles. The highest BCUT2D eigenvalue weighted by Gasteiger charge is 2.29. The van der Waals surface area contributed by atoms with Crippen LogP contribution in [0.5, 0.6) is 5.75 Å². The highest BCUT2D eigenvalue weighted by atomic mass is 16.5. The first-order chi connectivity index (χ1) is 13.8. The van der Waals surface area contributed by atoms with E-state index in [4.69, 9.17) is 4.74 Å². The van der Waals surface area contributed by atoms with Gasteiger partial charge in [0.1, 0.15) is 11.9 Å². The Morgan fingerprint density at radius 3 is 2.31 bits per heavy atom. The highest BCUT2D eigenvalue weighted by Crippen LogP contribution is 2.29. The van der Waals surface area contributed by atoms with Crippen LogP contribution in [-0.4, -0.2) is 45.7 Å². The van der Waals surface area contributed by atoms with Crippen molar-refractivity contribution >= 4 is 17.2 Å². The average Bonchev–Trinajstić information content (AvgIpc) is 3.11. The van der Waals surface area contributed by atoms with Crippen molar-refractivity contribution in [3.63, 3.8) is 0 Å². The third-order valence-corrected chi connectivity index (χ3v) is 5.13. The molecule has 2 unspecified atom stereocenters. The average molecular weight is 395 g/mol. The Bertz CT molecular complexity index is 967. The van der Waals surface area contributed by atoms with Crippen molar-refractivity contribution in [2.75, 3.05) is 0 Å². The molecule has 2 N–H and O–H groups in total. The minimum absolute atomic E-state index is 0.230. The monoisotopic (exact) mass is 394 g/mol. The van der Waals surface area contributed by atoms with Crippen LogP contribution in [0.25, 0.3) is 22.2 Å². The van der Waals surface area contributed by atoms with Gasteiger partial charge in [-0.1, -0.05) is 24.3 Å². The molecule has 1 aromatic heterocycles. The van der Waals surface area contributed by atoms with Crippen molar-refractivity contribution < 1.29 is 14.6 Å². The Labute approximate surface area is 172 Å². The minimum atomic E-state index is -0.647. The third kappa shape index (κ3) is 4.52. The summed E-state index contributed by atoms with van der Waals surface area (Å²) in [6.45, 7) is 10.2. The summed E-state index contributed by atoms with van der Waals surface area (Å²) >= 11 is 0. The summed E-state index contributed by atoms with van der Waals surface area (Å²) in [6, 6.07) is 15.9. The number of aldehydes is 1. The maximum Gasteiger partial charge on any atom is 0.178 e. The van der Waals surface area contributed by atoms with Gasteiger partial charge in [0.05, 0.1) is 0 Å². The number of aromatic nitrogens is 1. The van der Waals surface area contributed by atoms with Crippen molar-refractivity contribution in [2.24, 2.45) is 0 Å². The lowest BCUT2D eigenvalue weighted by Crippen LogP contribution is -2.53. The lowest BCUT2D eigenvalue weighted by molar-refractivity contribution is -0.0860. The van der Waals surface area contributed by atoms with E-state index < -0.39 is 12.3 Å². The molecule has 0 fully saturated rings. The molecule has 0 radical (unpaired) electrons. The summed E-state index contributed by atoms with van der Waals surface area (Å²) < 4.78 is 6.25. The number of aliphatic hydroxyl groups is 1. The van der Waals surface area contributed by atoms with E-state index in [9.17, 15) is 9.90 Å². The number of aromatic amines is 1. The molecule has 0 aliphatic heterocycles. The van der Waals surface area contributed by atoms with Crippen LogP contribution in [0.1, 0.15) is 45.0 Å². The Morgan fingerprint density at radius 1 is 1.00 bits per heavy atom. The summed E-state index contributed by atoms with van der Waals surface area (Å²) in [5.74, 6) is 0.689. The number of aliphatic hydroxyl groups excluding tert-OH is 1. The number of fused-ring (bicyclic) bond motifs is 1. The second-order valence-electron chi connectivity index (χ2n) is 8.02. The molecule has 3 aromatic rings. The first-order valence-electron chi connectivity index (χ1n) is 10.1. The van der Waals surface area contributed by atoms with E-state index in [1.807, 2.05) is 48.5 Å². The van der Waals surface area contributed by atoms with E-state index in [2.05, 4.69) is 37.6 Å². The zero-order chi connectivity index (χ0) is 21.1. The van der Waals surface area contributed by atoms with Crippen LogP contribution in [-0.2, 0) is 0 Å². The molecule has 29 heavy (non-hydrogen) atoms. The molecule has 0 saturated heterocycles. The summed E-state index contributed by atoms with van der Waals surface area (Å²) in [5.41, 5.74) is 3.46. The molecule has 0 saturated carbocycles. The summed E-state index contributed by atoms with van der Waals surface area (Å²) in [7, 11) is 0. The molecule has 5 nitrogen and oxygen atoms in total. The number of nitrogens with zero attached hydrogens (tertiary/aromatic N) is 1.